The quantitative estimate of drug-likeness (QED) is 0.362. The van der Waals surface area contributed by atoms with Crippen LogP contribution >= 0.6 is 11.6 Å². The minimum Gasteiger partial charge on any atom is -0.393 e. The smallest absolute Gasteiger partial charge is 0.329 e. The number of hydrogen-bond donors (Lipinski definition) is 2. The average Bonchev–Trinajstić information content (AvgIpc) is 3.13. The van der Waals surface area contributed by atoms with E-state index in [0.29, 0.717) is 11.2 Å². The zero-order chi connectivity index (χ0) is 23.8. The molecule has 0 aliphatic rings. The van der Waals surface area contributed by atoms with E-state index >= 15 is 0 Å². The van der Waals surface area contributed by atoms with Crippen molar-refractivity contribution >= 4 is 22.8 Å². The lowest BCUT2D eigenvalue weighted by Crippen LogP contribution is -2.29. The molecule has 2 N–H and O–H groups in total. The predicted molar refractivity (Wildman–Crippen MR) is 133 cm³/mol. The molecule has 0 radical (unpaired) electrons. The van der Waals surface area contributed by atoms with Gasteiger partial charge in [0.05, 0.1) is 6.10 Å². The molecule has 0 bridgehead atoms. The maximum atomic E-state index is 12.1. The Balaban J connectivity index is 1.26. The molecule has 2 heterocycles. The molecule has 1 atom stereocenters. The first kappa shape index (κ1) is 25.2. The molecule has 3 aromatic rings. The number of hydrogen-bond acceptors (Lipinski definition) is 4. The number of nitrogens with one attached hydrogen (secondary N) is 1. The van der Waals surface area contributed by atoms with Gasteiger partial charge in [-0.25, -0.2) is 9.78 Å². The van der Waals surface area contributed by atoms with Gasteiger partial charge in [-0.1, -0.05) is 62.3 Å². The van der Waals surface area contributed by atoms with Gasteiger partial charge in [0.15, 0.2) is 11.2 Å². The number of fused-ring (bicyclic) bond motifs is 1. The van der Waals surface area contributed by atoms with Crippen molar-refractivity contribution in [3.63, 3.8) is 0 Å². The largest absolute Gasteiger partial charge is 0.393 e. The number of rotatable bonds is 13. The van der Waals surface area contributed by atoms with Crippen molar-refractivity contribution in [2.24, 2.45) is 14.1 Å². The monoisotopic (exact) mass is 474 g/mol. The second-order valence-corrected chi connectivity index (χ2v) is 9.35. The van der Waals surface area contributed by atoms with Crippen molar-refractivity contribution in [3.8, 4) is 0 Å². The molecule has 33 heavy (non-hydrogen) atoms. The highest BCUT2D eigenvalue weighted by Crippen LogP contribution is 2.16. The molecule has 180 valence electrons. The van der Waals surface area contributed by atoms with Crippen molar-refractivity contribution in [3.05, 3.63) is 61.5 Å². The highest BCUT2D eigenvalue weighted by atomic mass is 35.5. The zero-order valence-corrected chi connectivity index (χ0v) is 20.4. The van der Waals surface area contributed by atoms with Crippen molar-refractivity contribution in [1.82, 2.24) is 19.1 Å². The summed E-state index contributed by atoms with van der Waals surface area (Å²) in [6, 6.07) is 7.83. The summed E-state index contributed by atoms with van der Waals surface area (Å²) in [5.41, 5.74) is 1.28. The molecule has 1 unspecified atom stereocenters. The Hall–Kier alpha value is -2.38. The first-order valence-electron chi connectivity index (χ1n) is 11.9. The van der Waals surface area contributed by atoms with Crippen molar-refractivity contribution in [2.45, 2.75) is 76.7 Å². The van der Waals surface area contributed by atoms with Crippen LogP contribution in [0.5, 0.6) is 0 Å². The maximum Gasteiger partial charge on any atom is 0.329 e. The summed E-state index contributed by atoms with van der Waals surface area (Å²) in [6.45, 7) is 0. The molecular formula is C25H35ClN4O3. The van der Waals surface area contributed by atoms with E-state index in [-0.39, 0.29) is 11.7 Å². The van der Waals surface area contributed by atoms with Gasteiger partial charge in [0.2, 0.25) is 0 Å². The van der Waals surface area contributed by atoms with Crippen LogP contribution in [-0.2, 0) is 26.9 Å². The van der Waals surface area contributed by atoms with Gasteiger partial charge in [0.1, 0.15) is 5.82 Å². The van der Waals surface area contributed by atoms with E-state index in [1.54, 1.807) is 11.6 Å². The fourth-order valence-corrected chi connectivity index (χ4v) is 4.38. The second kappa shape index (κ2) is 12.2. The maximum absolute atomic E-state index is 12.1. The third kappa shape index (κ3) is 7.05. The Morgan fingerprint density at radius 2 is 1.55 bits per heavy atom. The van der Waals surface area contributed by atoms with Gasteiger partial charge in [0.25, 0.3) is 5.56 Å². The van der Waals surface area contributed by atoms with Crippen LogP contribution in [0, 0.1) is 0 Å². The molecule has 0 fully saturated rings. The lowest BCUT2D eigenvalue weighted by atomic mass is 10.0. The van der Waals surface area contributed by atoms with E-state index < -0.39 is 5.69 Å². The number of nitrogens with zero attached hydrogens (tertiary/aromatic N) is 3. The highest BCUT2D eigenvalue weighted by Gasteiger charge is 2.14. The molecule has 0 saturated carbocycles. The van der Waals surface area contributed by atoms with Gasteiger partial charge < -0.3 is 9.67 Å². The van der Waals surface area contributed by atoms with E-state index in [1.165, 1.54) is 29.4 Å². The molecule has 0 aliphatic heterocycles. The molecule has 1 aromatic carbocycles. The number of aryl methyl sites for hydroxylation is 4. The number of aliphatic hydroxyl groups is 1. The molecular weight excluding hydrogens is 440 g/mol. The van der Waals surface area contributed by atoms with Gasteiger partial charge in [0, 0.05) is 25.5 Å². The van der Waals surface area contributed by atoms with E-state index in [2.05, 4.69) is 9.97 Å². The van der Waals surface area contributed by atoms with Crippen LogP contribution in [0.3, 0.4) is 0 Å². The molecule has 2 aromatic heterocycles. The topological polar surface area (TPSA) is 92.9 Å². The Morgan fingerprint density at radius 3 is 2.24 bits per heavy atom. The molecule has 0 spiro atoms. The predicted octanol–water partition coefficient (Wildman–Crippen LogP) is 4.27. The van der Waals surface area contributed by atoms with E-state index in [9.17, 15) is 14.7 Å². The van der Waals surface area contributed by atoms with Crippen LogP contribution in [0.4, 0.5) is 0 Å². The van der Waals surface area contributed by atoms with Crippen molar-refractivity contribution < 1.29 is 5.11 Å². The molecule has 3 rings (SSSR count). The van der Waals surface area contributed by atoms with E-state index in [4.69, 9.17) is 11.6 Å². The van der Waals surface area contributed by atoms with Gasteiger partial charge in [-0.2, -0.15) is 0 Å². The highest BCUT2D eigenvalue weighted by molar-refractivity contribution is 6.30. The average molecular weight is 475 g/mol. The summed E-state index contributed by atoms with van der Waals surface area (Å²) < 4.78 is 3.18. The van der Waals surface area contributed by atoms with Crippen LogP contribution in [0.25, 0.3) is 11.2 Å². The number of halogens is 1. The zero-order valence-electron chi connectivity index (χ0n) is 19.6. The lowest BCUT2D eigenvalue weighted by Gasteiger charge is -2.10. The molecule has 0 saturated heterocycles. The van der Waals surface area contributed by atoms with Crippen molar-refractivity contribution in [2.75, 3.05) is 0 Å². The summed E-state index contributed by atoms with van der Waals surface area (Å²) in [5, 5.41) is 10.9. The third-order valence-corrected chi connectivity index (χ3v) is 6.60. The molecule has 7 nitrogen and oxygen atoms in total. The number of benzene rings is 1. The number of aliphatic hydroxyl groups excluding tert-OH is 1. The van der Waals surface area contributed by atoms with Gasteiger partial charge >= 0.3 is 5.69 Å². The Morgan fingerprint density at radius 1 is 0.909 bits per heavy atom. The normalized spacial score (nSPS) is 12.5. The van der Waals surface area contributed by atoms with Gasteiger partial charge in [-0.05, 0) is 43.4 Å². The van der Waals surface area contributed by atoms with Crippen molar-refractivity contribution in [1.29, 1.82) is 0 Å². The van der Waals surface area contributed by atoms with Crippen LogP contribution in [-0.4, -0.2) is 30.3 Å². The second-order valence-electron chi connectivity index (χ2n) is 8.91. The molecule has 8 heteroatoms. The van der Waals surface area contributed by atoms with Crippen LogP contribution in [0.1, 0.15) is 69.2 Å². The summed E-state index contributed by atoms with van der Waals surface area (Å²) in [7, 11) is 3.45. The summed E-state index contributed by atoms with van der Waals surface area (Å²) in [4.78, 5) is 30.7. The molecule has 0 amide bonds. The minimum atomic E-state index is -0.439. The first-order valence-corrected chi connectivity index (χ1v) is 12.3. The van der Waals surface area contributed by atoms with Crippen LogP contribution in [0.2, 0.25) is 5.02 Å². The fraction of sp³-hybridized carbons (Fsp3) is 0.560. The number of imidazole rings is 1. The number of unbranched alkanes of at least 4 members (excludes halogenated alkanes) is 6. The van der Waals surface area contributed by atoms with Crippen LogP contribution < -0.4 is 11.2 Å². The van der Waals surface area contributed by atoms with E-state index in [1.807, 2.05) is 31.3 Å². The summed E-state index contributed by atoms with van der Waals surface area (Å²) in [5.74, 6) is 0.837. The Kier molecular flexibility index (Phi) is 9.32. The minimum absolute atomic E-state index is 0.235. The number of H-pyrrole nitrogens is 1. The first-order chi connectivity index (χ1) is 15.9. The summed E-state index contributed by atoms with van der Waals surface area (Å²) in [6.07, 6.45) is 11.0. The third-order valence-electron chi connectivity index (χ3n) is 6.34. The number of aromatic nitrogens is 4. The van der Waals surface area contributed by atoms with Gasteiger partial charge in [-0.3, -0.25) is 14.3 Å². The van der Waals surface area contributed by atoms with Crippen LogP contribution in [0.15, 0.2) is 33.9 Å². The summed E-state index contributed by atoms with van der Waals surface area (Å²) >= 11 is 5.90. The van der Waals surface area contributed by atoms with Gasteiger partial charge in [-0.15, -0.1) is 0 Å². The van der Waals surface area contributed by atoms with E-state index in [0.717, 1.165) is 62.2 Å². The SMILES string of the molecule is Cn1c(CCCCCCCCCC(O)CCc2ccc(Cl)cc2)nc2c1c(=O)[nH]c(=O)n2C. The Labute approximate surface area is 199 Å². The molecule has 0 aliphatic carbocycles. The number of aromatic amines is 1. The lowest BCUT2D eigenvalue weighted by molar-refractivity contribution is 0.151. The standard InChI is InChI=1S/C25H35ClN4O3/c1-29-21(27-23-22(29)24(32)28-25(33)30(23)2)11-9-7-5-3-4-6-8-10-20(31)17-14-18-12-15-19(26)16-13-18/h12-13,15-16,20,31H,3-11,14,17H2,1-2H3,(H,28,32,33). The fourth-order valence-electron chi connectivity index (χ4n) is 4.25. The Bertz CT molecular complexity index is 1150.